The van der Waals surface area contributed by atoms with Crippen molar-refractivity contribution in [2.45, 2.75) is 40.0 Å². The molecule has 0 aromatic heterocycles. The average Bonchev–Trinajstić information content (AvgIpc) is 2.41. The second kappa shape index (κ2) is 9.38. The van der Waals surface area contributed by atoms with Gasteiger partial charge in [-0.1, -0.05) is 24.6 Å². The number of aryl methyl sites for hydroxylation is 3. The van der Waals surface area contributed by atoms with Crippen molar-refractivity contribution in [1.82, 2.24) is 5.32 Å². The fourth-order valence-corrected chi connectivity index (χ4v) is 2.52. The van der Waals surface area contributed by atoms with Crippen molar-refractivity contribution < 1.29 is 4.74 Å². The standard InChI is InChI=1S/C17H28ClNO/c1-13(7-8-19-9-10-20-4)5-6-16-11-15(3)17(18)12-14(16)2/h11-13,19H,5-10H2,1-4H3. The van der Waals surface area contributed by atoms with Gasteiger partial charge in [0.2, 0.25) is 0 Å². The highest BCUT2D eigenvalue weighted by molar-refractivity contribution is 6.31. The van der Waals surface area contributed by atoms with Gasteiger partial charge in [-0.2, -0.15) is 0 Å². The van der Waals surface area contributed by atoms with Gasteiger partial charge in [0, 0.05) is 18.7 Å². The van der Waals surface area contributed by atoms with Gasteiger partial charge >= 0.3 is 0 Å². The van der Waals surface area contributed by atoms with E-state index in [1.165, 1.54) is 29.5 Å². The lowest BCUT2D eigenvalue weighted by molar-refractivity contribution is 0.199. The quantitative estimate of drug-likeness (QED) is 0.691. The van der Waals surface area contributed by atoms with E-state index in [9.17, 15) is 0 Å². The predicted octanol–water partition coefficient (Wildman–Crippen LogP) is 4.15. The number of nitrogens with one attached hydrogen (secondary N) is 1. The van der Waals surface area contributed by atoms with Crippen molar-refractivity contribution in [2.24, 2.45) is 5.92 Å². The van der Waals surface area contributed by atoms with E-state index >= 15 is 0 Å². The number of methoxy groups -OCH3 is 1. The first kappa shape index (κ1) is 17.5. The average molecular weight is 298 g/mol. The summed E-state index contributed by atoms with van der Waals surface area (Å²) in [7, 11) is 1.74. The van der Waals surface area contributed by atoms with E-state index in [1.807, 2.05) is 0 Å². The van der Waals surface area contributed by atoms with E-state index in [-0.39, 0.29) is 0 Å². The molecule has 0 aliphatic heterocycles. The smallest absolute Gasteiger partial charge is 0.0587 e. The Kier molecular flexibility index (Phi) is 8.20. The Balaban J connectivity index is 2.30. The molecule has 0 saturated carbocycles. The third-order valence-electron chi connectivity index (χ3n) is 3.82. The van der Waals surface area contributed by atoms with Gasteiger partial charge in [0.05, 0.1) is 6.61 Å². The molecule has 1 aromatic rings. The van der Waals surface area contributed by atoms with Gasteiger partial charge in [-0.05, 0) is 68.3 Å². The van der Waals surface area contributed by atoms with Crippen LogP contribution < -0.4 is 5.32 Å². The maximum absolute atomic E-state index is 6.14. The lowest BCUT2D eigenvalue weighted by Crippen LogP contribution is -2.21. The Labute approximate surface area is 128 Å². The van der Waals surface area contributed by atoms with Gasteiger partial charge in [0.25, 0.3) is 0 Å². The molecule has 0 saturated heterocycles. The van der Waals surface area contributed by atoms with Crippen molar-refractivity contribution in [2.75, 3.05) is 26.8 Å². The largest absolute Gasteiger partial charge is 0.383 e. The summed E-state index contributed by atoms with van der Waals surface area (Å²) in [5.74, 6) is 0.737. The van der Waals surface area contributed by atoms with E-state index in [4.69, 9.17) is 16.3 Å². The molecule has 2 nitrogen and oxygen atoms in total. The maximum atomic E-state index is 6.14. The second-order valence-corrected chi connectivity index (χ2v) is 6.11. The molecular weight excluding hydrogens is 270 g/mol. The fourth-order valence-electron chi connectivity index (χ4n) is 2.30. The van der Waals surface area contributed by atoms with Crippen molar-refractivity contribution >= 4 is 11.6 Å². The van der Waals surface area contributed by atoms with Gasteiger partial charge in [0.15, 0.2) is 0 Å². The highest BCUT2D eigenvalue weighted by Crippen LogP contribution is 2.22. The summed E-state index contributed by atoms with van der Waals surface area (Å²) < 4.78 is 5.01. The molecule has 1 N–H and O–H groups in total. The van der Waals surface area contributed by atoms with Crippen molar-refractivity contribution in [1.29, 1.82) is 0 Å². The fraction of sp³-hybridized carbons (Fsp3) is 0.647. The van der Waals surface area contributed by atoms with Crippen LogP contribution in [0.1, 0.15) is 36.5 Å². The van der Waals surface area contributed by atoms with Gasteiger partial charge in [-0.3, -0.25) is 0 Å². The van der Waals surface area contributed by atoms with Crippen LogP contribution in [0.15, 0.2) is 12.1 Å². The molecule has 1 rings (SSSR count). The number of ether oxygens (including phenoxy) is 1. The molecule has 0 aliphatic carbocycles. The number of rotatable bonds is 9. The number of benzene rings is 1. The molecule has 0 bridgehead atoms. The van der Waals surface area contributed by atoms with E-state index in [1.54, 1.807) is 7.11 Å². The molecule has 1 aromatic carbocycles. The van der Waals surface area contributed by atoms with Crippen LogP contribution in [0.5, 0.6) is 0 Å². The molecule has 114 valence electrons. The molecule has 1 unspecified atom stereocenters. The van der Waals surface area contributed by atoms with Crippen LogP contribution in [0, 0.1) is 19.8 Å². The zero-order chi connectivity index (χ0) is 15.0. The minimum Gasteiger partial charge on any atom is -0.383 e. The monoisotopic (exact) mass is 297 g/mol. The Hall–Kier alpha value is -0.570. The lowest BCUT2D eigenvalue weighted by atomic mass is 9.95. The summed E-state index contributed by atoms with van der Waals surface area (Å²) in [5, 5.41) is 4.28. The Morgan fingerprint density at radius 2 is 1.90 bits per heavy atom. The third kappa shape index (κ3) is 6.25. The van der Waals surface area contributed by atoms with E-state index in [2.05, 4.69) is 38.2 Å². The summed E-state index contributed by atoms with van der Waals surface area (Å²) in [4.78, 5) is 0. The van der Waals surface area contributed by atoms with E-state index in [0.717, 1.165) is 37.1 Å². The van der Waals surface area contributed by atoms with Gasteiger partial charge in [-0.15, -0.1) is 0 Å². The van der Waals surface area contributed by atoms with E-state index in [0.29, 0.717) is 0 Å². The van der Waals surface area contributed by atoms with Crippen LogP contribution >= 0.6 is 11.6 Å². The molecule has 1 atom stereocenters. The summed E-state index contributed by atoms with van der Waals surface area (Å²) in [6.07, 6.45) is 3.59. The summed E-state index contributed by atoms with van der Waals surface area (Å²) in [5.41, 5.74) is 3.93. The zero-order valence-electron chi connectivity index (χ0n) is 13.3. The zero-order valence-corrected chi connectivity index (χ0v) is 14.0. The maximum Gasteiger partial charge on any atom is 0.0587 e. The highest BCUT2D eigenvalue weighted by Gasteiger charge is 2.06. The number of hydrogen-bond acceptors (Lipinski definition) is 2. The number of hydrogen-bond donors (Lipinski definition) is 1. The van der Waals surface area contributed by atoms with Crippen molar-refractivity contribution in [3.63, 3.8) is 0 Å². The number of halogens is 1. The molecule has 3 heteroatoms. The van der Waals surface area contributed by atoms with Gasteiger partial charge in [0.1, 0.15) is 0 Å². The predicted molar refractivity (Wildman–Crippen MR) is 87.8 cm³/mol. The minimum atomic E-state index is 0.737. The topological polar surface area (TPSA) is 21.3 Å². The minimum absolute atomic E-state index is 0.737. The van der Waals surface area contributed by atoms with Crippen LogP contribution in [0.25, 0.3) is 0 Å². The molecule has 0 heterocycles. The first-order chi connectivity index (χ1) is 9.54. The molecule has 0 aliphatic rings. The normalized spacial score (nSPS) is 12.7. The first-order valence-electron chi connectivity index (χ1n) is 7.50. The van der Waals surface area contributed by atoms with Crippen LogP contribution in [0.4, 0.5) is 0 Å². The first-order valence-corrected chi connectivity index (χ1v) is 7.87. The Morgan fingerprint density at radius 3 is 2.60 bits per heavy atom. The van der Waals surface area contributed by atoms with Crippen LogP contribution in [-0.2, 0) is 11.2 Å². The van der Waals surface area contributed by atoms with Gasteiger partial charge < -0.3 is 10.1 Å². The molecule has 0 fully saturated rings. The SMILES string of the molecule is COCCNCCC(C)CCc1cc(C)c(Cl)cc1C. The Bertz CT molecular complexity index is 406. The van der Waals surface area contributed by atoms with Gasteiger partial charge in [-0.25, -0.2) is 0 Å². The summed E-state index contributed by atoms with van der Waals surface area (Å²) >= 11 is 6.14. The lowest BCUT2D eigenvalue weighted by Gasteiger charge is -2.14. The molecule has 0 radical (unpaired) electrons. The highest BCUT2D eigenvalue weighted by atomic mass is 35.5. The van der Waals surface area contributed by atoms with Crippen LogP contribution in [-0.4, -0.2) is 26.8 Å². The summed E-state index contributed by atoms with van der Waals surface area (Å²) in [6.45, 7) is 9.36. The second-order valence-electron chi connectivity index (χ2n) is 5.70. The van der Waals surface area contributed by atoms with Crippen LogP contribution in [0.3, 0.4) is 0 Å². The summed E-state index contributed by atoms with van der Waals surface area (Å²) in [6, 6.07) is 4.32. The molecule has 0 amide bonds. The van der Waals surface area contributed by atoms with E-state index < -0.39 is 0 Å². The van der Waals surface area contributed by atoms with Crippen molar-refractivity contribution in [3.8, 4) is 0 Å². The molecule has 20 heavy (non-hydrogen) atoms. The molecule has 0 spiro atoms. The van der Waals surface area contributed by atoms with Crippen LogP contribution in [0.2, 0.25) is 5.02 Å². The third-order valence-corrected chi connectivity index (χ3v) is 4.23. The Morgan fingerprint density at radius 1 is 1.15 bits per heavy atom. The molecular formula is C17H28ClNO. The van der Waals surface area contributed by atoms with Crippen molar-refractivity contribution in [3.05, 3.63) is 33.8 Å².